The first-order valence-electron chi connectivity index (χ1n) is 6.40. The summed E-state index contributed by atoms with van der Waals surface area (Å²) >= 11 is 5.78. The Bertz CT molecular complexity index is 379. The molecule has 0 amide bonds. The largest absolute Gasteiger partial charge is 0.411 e. The van der Waals surface area contributed by atoms with Crippen molar-refractivity contribution in [2.24, 2.45) is 5.92 Å². The molecule has 1 unspecified atom stereocenters. The molecule has 0 saturated carbocycles. The number of hydrogen-bond acceptors (Lipinski definition) is 2. The first-order chi connectivity index (χ1) is 9.40. The van der Waals surface area contributed by atoms with Gasteiger partial charge in [0.05, 0.1) is 0 Å². The molecule has 1 rings (SSSR count). The molecule has 0 saturated heterocycles. The lowest BCUT2D eigenvalue weighted by Gasteiger charge is -2.14. The summed E-state index contributed by atoms with van der Waals surface area (Å²) in [7, 11) is 0. The monoisotopic (exact) mass is 310 g/mol. The Morgan fingerprint density at radius 1 is 1.20 bits per heavy atom. The first-order valence-corrected chi connectivity index (χ1v) is 6.78. The van der Waals surface area contributed by atoms with E-state index < -0.39 is 12.8 Å². The zero-order valence-electron chi connectivity index (χ0n) is 11.0. The van der Waals surface area contributed by atoms with Crippen molar-refractivity contribution in [2.75, 3.05) is 19.8 Å². The number of benzene rings is 1. The molecule has 0 aromatic heterocycles. The molecule has 114 valence electrons. The molecule has 0 aliphatic heterocycles. The lowest BCUT2D eigenvalue weighted by atomic mass is 9.96. The van der Waals surface area contributed by atoms with Crippen molar-refractivity contribution >= 4 is 11.6 Å². The van der Waals surface area contributed by atoms with Crippen LogP contribution in [-0.4, -0.2) is 31.1 Å². The lowest BCUT2D eigenvalue weighted by molar-refractivity contribution is -0.174. The van der Waals surface area contributed by atoms with Gasteiger partial charge in [0, 0.05) is 18.2 Å². The third kappa shape index (κ3) is 7.72. The summed E-state index contributed by atoms with van der Waals surface area (Å²) in [5, 5.41) is 9.93. The summed E-state index contributed by atoms with van der Waals surface area (Å²) < 4.78 is 40.1. The Morgan fingerprint density at radius 2 is 1.85 bits per heavy atom. The van der Waals surface area contributed by atoms with E-state index in [0.717, 1.165) is 5.56 Å². The number of rotatable bonds is 8. The van der Waals surface area contributed by atoms with Gasteiger partial charge in [-0.05, 0) is 42.9 Å². The Hall–Kier alpha value is -0.780. The SMILES string of the molecule is OCC(CCCOCC(F)(F)F)Cc1ccc(Cl)cc1. The highest BCUT2D eigenvalue weighted by Gasteiger charge is 2.27. The molecule has 0 heterocycles. The van der Waals surface area contributed by atoms with Gasteiger partial charge in [-0.25, -0.2) is 0 Å². The van der Waals surface area contributed by atoms with E-state index in [0.29, 0.717) is 24.3 Å². The molecule has 0 radical (unpaired) electrons. The fraction of sp³-hybridized carbons (Fsp3) is 0.571. The average molecular weight is 311 g/mol. The van der Waals surface area contributed by atoms with Gasteiger partial charge in [0.15, 0.2) is 0 Å². The van der Waals surface area contributed by atoms with E-state index in [1.54, 1.807) is 12.1 Å². The van der Waals surface area contributed by atoms with Gasteiger partial charge in [-0.3, -0.25) is 0 Å². The summed E-state index contributed by atoms with van der Waals surface area (Å²) in [6.07, 6.45) is -2.49. The van der Waals surface area contributed by atoms with Crippen molar-refractivity contribution in [3.63, 3.8) is 0 Å². The van der Waals surface area contributed by atoms with Crippen LogP contribution in [0.5, 0.6) is 0 Å². The maximum atomic E-state index is 11.9. The molecular formula is C14H18ClF3O2. The number of alkyl halides is 3. The fourth-order valence-corrected chi connectivity index (χ4v) is 2.00. The topological polar surface area (TPSA) is 29.5 Å². The van der Waals surface area contributed by atoms with Crippen LogP contribution in [0.4, 0.5) is 13.2 Å². The maximum absolute atomic E-state index is 11.9. The van der Waals surface area contributed by atoms with E-state index >= 15 is 0 Å². The predicted molar refractivity (Wildman–Crippen MR) is 71.8 cm³/mol. The van der Waals surface area contributed by atoms with Gasteiger partial charge in [-0.15, -0.1) is 0 Å². The van der Waals surface area contributed by atoms with Gasteiger partial charge in [-0.2, -0.15) is 13.2 Å². The van der Waals surface area contributed by atoms with Crippen LogP contribution in [0.2, 0.25) is 5.02 Å². The van der Waals surface area contributed by atoms with E-state index in [2.05, 4.69) is 4.74 Å². The third-order valence-corrected chi connectivity index (χ3v) is 3.11. The van der Waals surface area contributed by atoms with Crippen molar-refractivity contribution in [1.82, 2.24) is 0 Å². The van der Waals surface area contributed by atoms with E-state index in [1.165, 1.54) is 0 Å². The standard InChI is InChI=1S/C14H18ClF3O2/c15-13-5-3-11(4-6-13)8-12(9-19)2-1-7-20-10-14(16,17)18/h3-6,12,19H,1-2,7-10H2. The van der Waals surface area contributed by atoms with Gasteiger partial charge in [-0.1, -0.05) is 23.7 Å². The summed E-state index contributed by atoms with van der Waals surface area (Å²) in [5.41, 5.74) is 1.05. The second kappa shape index (κ2) is 8.49. The lowest BCUT2D eigenvalue weighted by Crippen LogP contribution is -2.18. The van der Waals surface area contributed by atoms with Crippen molar-refractivity contribution < 1.29 is 23.0 Å². The van der Waals surface area contributed by atoms with E-state index in [1.807, 2.05) is 12.1 Å². The number of hydrogen-bond donors (Lipinski definition) is 1. The van der Waals surface area contributed by atoms with Crippen molar-refractivity contribution in [3.8, 4) is 0 Å². The summed E-state index contributed by atoms with van der Waals surface area (Å²) in [6, 6.07) is 7.31. The molecule has 0 aliphatic carbocycles. The zero-order valence-corrected chi connectivity index (χ0v) is 11.8. The molecule has 0 bridgehead atoms. The van der Waals surface area contributed by atoms with Crippen LogP contribution in [0.25, 0.3) is 0 Å². The highest BCUT2D eigenvalue weighted by molar-refractivity contribution is 6.30. The quantitative estimate of drug-likeness (QED) is 0.739. The van der Waals surface area contributed by atoms with Crippen LogP contribution in [0.1, 0.15) is 18.4 Å². The molecule has 1 aromatic carbocycles. The van der Waals surface area contributed by atoms with Gasteiger partial charge in [0.2, 0.25) is 0 Å². The minimum absolute atomic E-state index is 0.00188. The molecule has 0 aliphatic rings. The van der Waals surface area contributed by atoms with E-state index in [4.69, 9.17) is 11.6 Å². The Balaban J connectivity index is 2.24. The first kappa shape index (κ1) is 17.3. The second-order valence-electron chi connectivity index (χ2n) is 4.69. The molecule has 6 heteroatoms. The molecule has 1 N–H and O–H groups in total. The zero-order chi connectivity index (χ0) is 15.0. The summed E-state index contributed by atoms with van der Waals surface area (Å²) in [6.45, 7) is -1.16. The van der Waals surface area contributed by atoms with Crippen molar-refractivity contribution in [3.05, 3.63) is 34.9 Å². The average Bonchev–Trinajstić information content (AvgIpc) is 2.38. The normalized spacial score (nSPS) is 13.4. The van der Waals surface area contributed by atoms with Gasteiger partial charge in [0.1, 0.15) is 6.61 Å². The highest BCUT2D eigenvalue weighted by atomic mass is 35.5. The molecule has 0 spiro atoms. The molecule has 1 aromatic rings. The Kier molecular flexibility index (Phi) is 7.34. The molecular weight excluding hydrogens is 293 g/mol. The van der Waals surface area contributed by atoms with Gasteiger partial charge >= 0.3 is 6.18 Å². The van der Waals surface area contributed by atoms with Crippen LogP contribution in [0, 0.1) is 5.92 Å². The van der Waals surface area contributed by atoms with E-state index in [9.17, 15) is 18.3 Å². The second-order valence-corrected chi connectivity index (χ2v) is 5.13. The third-order valence-electron chi connectivity index (χ3n) is 2.86. The number of aliphatic hydroxyl groups is 1. The Labute approximate surface area is 121 Å². The summed E-state index contributed by atoms with van der Waals surface area (Å²) in [4.78, 5) is 0. The number of aliphatic hydroxyl groups excluding tert-OH is 1. The smallest absolute Gasteiger partial charge is 0.396 e. The number of halogens is 4. The number of ether oxygens (including phenoxy) is 1. The van der Waals surface area contributed by atoms with Gasteiger partial charge < -0.3 is 9.84 Å². The van der Waals surface area contributed by atoms with Gasteiger partial charge in [0.25, 0.3) is 0 Å². The predicted octanol–water partition coefficient (Wildman–Crippen LogP) is 3.85. The summed E-state index contributed by atoms with van der Waals surface area (Å²) in [5.74, 6) is 0.0191. The van der Waals surface area contributed by atoms with Crippen LogP contribution in [0.3, 0.4) is 0 Å². The van der Waals surface area contributed by atoms with Crippen LogP contribution in [-0.2, 0) is 11.2 Å². The van der Waals surface area contributed by atoms with Crippen LogP contribution in [0.15, 0.2) is 24.3 Å². The Morgan fingerprint density at radius 3 is 2.40 bits per heavy atom. The van der Waals surface area contributed by atoms with Crippen LogP contribution < -0.4 is 0 Å². The molecule has 2 nitrogen and oxygen atoms in total. The molecule has 1 atom stereocenters. The van der Waals surface area contributed by atoms with Crippen molar-refractivity contribution in [1.29, 1.82) is 0 Å². The minimum Gasteiger partial charge on any atom is -0.396 e. The minimum atomic E-state index is -4.28. The molecule has 20 heavy (non-hydrogen) atoms. The molecule has 0 fully saturated rings. The van der Waals surface area contributed by atoms with Crippen LogP contribution >= 0.6 is 11.6 Å². The fourth-order valence-electron chi connectivity index (χ4n) is 1.87. The maximum Gasteiger partial charge on any atom is 0.411 e. The van der Waals surface area contributed by atoms with E-state index in [-0.39, 0.29) is 19.1 Å². The highest BCUT2D eigenvalue weighted by Crippen LogP contribution is 2.18. The van der Waals surface area contributed by atoms with Crippen molar-refractivity contribution in [2.45, 2.75) is 25.4 Å².